The van der Waals surface area contributed by atoms with Crippen LogP contribution in [0.1, 0.15) is 30.9 Å². The number of carbonyl (C=O) groups is 1. The van der Waals surface area contributed by atoms with E-state index in [1.807, 2.05) is 66.9 Å². The maximum atomic E-state index is 13.6. The van der Waals surface area contributed by atoms with Gasteiger partial charge in [-0.25, -0.2) is 4.98 Å². The molecule has 0 saturated carbocycles. The first-order chi connectivity index (χ1) is 15.1. The van der Waals surface area contributed by atoms with E-state index in [1.54, 1.807) is 16.2 Å². The van der Waals surface area contributed by atoms with Gasteiger partial charge in [0.15, 0.2) is 5.13 Å². The molecule has 0 aliphatic heterocycles. The van der Waals surface area contributed by atoms with Gasteiger partial charge in [0.05, 0.1) is 22.3 Å². The van der Waals surface area contributed by atoms with Crippen molar-refractivity contribution < 1.29 is 4.79 Å². The van der Waals surface area contributed by atoms with Crippen LogP contribution in [0.5, 0.6) is 0 Å². The van der Waals surface area contributed by atoms with Gasteiger partial charge < -0.3 is 4.98 Å². The summed E-state index contributed by atoms with van der Waals surface area (Å²) in [5.74, 6) is 0.438. The highest BCUT2D eigenvalue weighted by Gasteiger charge is 2.23. The smallest absolute Gasteiger partial charge is 0.237 e. The Labute approximate surface area is 185 Å². The first-order valence-electron chi connectivity index (χ1n) is 10.4. The summed E-state index contributed by atoms with van der Waals surface area (Å²) in [5.41, 5.74) is 5.03. The second kappa shape index (κ2) is 8.00. The summed E-state index contributed by atoms with van der Waals surface area (Å²) in [7, 11) is 0. The summed E-state index contributed by atoms with van der Waals surface area (Å²) in [6.45, 7) is 4.34. The quantitative estimate of drug-likeness (QED) is 0.336. The summed E-state index contributed by atoms with van der Waals surface area (Å²) in [6.07, 6.45) is 2.23. The van der Waals surface area contributed by atoms with Gasteiger partial charge in [0.25, 0.3) is 0 Å². The van der Waals surface area contributed by atoms with Crippen LogP contribution in [-0.2, 0) is 11.2 Å². The lowest BCUT2D eigenvalue weighted by atomic mass is 10.0. The lowest BCUT2D eigenvalue weighted by Gasteiger charge is -2.20. The molecule has 0 atom stereocenters. The van der Waals surface area contributed by atoms with Crippen LogP contribution < -0.4 is 4.90 Å². The van der Waals surface area contributed by atoms with Crippen molar-refractivity contribution in [3.05, 3.63) is 90.1 Å². The molecule has 2 aromatic heterocycles. The first-order valence-corrected chi connectivity index (χ1v) is 11.3. The standard InChI is InChI=1S/C26H23N3OS/c1-17(2)18-11-13-20(14-12-18)29(26-28-23-9-5-6-10-24(23)31-26)25(30)15-19-16-27-22-8-4-3-7-21(19)22/h3-14,16-17,27H,15H2,1-2H3. The molecule has 31 heavy (non-hydrogen) atoms. The summed E-state index contributed by atoms with van der Waals surface area (Å²) in [4.78, 5) is 23.4. The molecule has 0 radical (unpaired) electrons. The Morgan fingerprint density at radius 3 is 2.52 bits per heavy atom. The fraction of sp³-hybridized carbons (Fsp3) is 0.154. The Morgan fingerprint density at radius 1 is 1.00 bits per heavy atom. The van der Waals surface area contributed by atoms with E-state index in [0.717, 1.165) is 32.4 Å². The Morgan fingerprint density at radius 2 is 1.74 bits per heavy atom. The molecule has 0 saturated heterocycles. The van der Waals surface area contributed by atoms with Crippen LogP contribution in [0.15, 0.2) is 79.0 Å². The largest absolute Gasteiger partial charge is 0.361 e. The third-order valence-electron chi connectivity index (χ3n) is 5.56. The van der Waals surface area contributed by atoms with E-state index in [-0.39, 0.29) is 5.91 Å². The molecule has 0 spiro atoms. The van der Waals surface area contributed by atoms with Crippen LogP contribution >= 0.6 is 11.3 Å². The van der Waals surface area contributed by atoms with E-state index in [1.165, 1.54) is 5.56 Å². The van der Waals surface area contributed by atoms with Gasteiger partial charge in [-0.05, 0) is 47.4 Å². The Kier molecular flexibility index (Phi) is 5.04. The number of rotatable bonds is 5. The van der Waals surface area contributed by atoms with Gasteiger partial charge in [-0.3, -0.25) is 9.69 Å². The van der Waals surface area contributed by atoms with Gasteiger partial charge in [-0.2, -0.15) is 0 Å². The van der Waals surface area contributed by atoms with Crippen LogP contribution in [0, 0.1) is 0 Å². The van der Waals surface area contributed by atoms with Crippen molar-refractivity contribution in [3.8, 4) is 0 Å². The molecule has 0 aliphatic rings. The maximum absolute atomic E-state index is 13.6. The number of H-pyrrole nitrogens is 1. The third kappa shape index (κ3) is 3.73. The molecular formula is C26H23N3OS. The monoisotopic (exact) mass is 425 g/mol. The third-order valence-corrected chi connectivity index (χ3v) is 6.58. The highest BCUT2D eigenvalue weighted by molar-refractivity contribution is 7.22. The fourth-order valence-corrected chi connectivity index (χ4v) is 4.85. The minimum Gasteiger partial charge on any atom is -0.361 e. The molecule has 3 aromatic carbocycles. The van der Waals surface area contributed by atoms with Crippen LogP contribution in [-0.4, -0.2) is 15.9 Å². The van der Waals surface area contributed by atoms with Gasteiger partial charge in [0.2, 0.25) is 5.91 Å². The molecule has 5 rings (SSSR count). The molecule has 0 unspecified atom stereocenters. The molecular weight excluding hydrogens is 402 g/mol. The molecule has 154 valence electrons. The van der Waals surface area contributed by atoms with Gasteiger partial charge in [0, 0.05) is 17.1 Å². The number of hydrogen-bond donors (Lipinski definition) is 1. The van der Waals surface area contributed by atoms with E-state index < -0.39 is 0 Å². The SMILES string of the molecule is CC(C)c1ccc(N(C(=O)Cc2c[nH]c3ccccc23)c2nc3ccccc3s2)cc1. The van der Waals surface area contributed by atoms with E-state index in [4.69, 9.17) is 4.98 Å². The minimum atomic E-state index is 0.00102. The van der Waals surface area contributed by atoms with Crippen LogP contribution in [0.25, 0.3) is 21.1 Å². The van der Waals surface area contributed by atoms with Crippen LogP contribution in [0.2, 0.25) is 0 Å². The van der Waals surface area contributed by atoms with Gasteiger partial charge in [-0.15, -0.1) is 0 Å². The summed E-state index contributed by atoms with van der Waals surface area (Å²) in [6, 6.07) is 24.3. The molecule has 2 heterocycles. The number of nitrogens with one attached hydrogen (secondary N) is 1. The molecule has 0 aliphatic carbocycles. The van der Waals surface area contributed by atoms with Gasteiger partial charge >= 0.3 is 0 Å². The van der Waals surface area contributed by atoms with Gasteiger partial charge in [0.1, 0.15) is 0 Å². The van der Waals surface area contributed by atoms with E-state index in [0.29, 0.717) is 17.5 Å². The number of amides is 1. The minimum absolute atomic E-state index is 0.00102. The predicted molar refractivity (Wildman–Crippen MR) is 129 cm³/mol. The number of para-hydroxylation sites is 2. The zero-order valence-corrected chi connectivity index (χ0v) is 18.3. The number of hydrogen-bond acceptors (Lipinski definition) is 3. The molecule has 1 N–H and O–H groups in total. The molecule has 4 nitrogen and oxygen atoms in total. The van der Waals surface area contributed by atoms with E-state index in [2.05, 4.69) is 31.0 Å². The summed E-state index contributed by atoms with van der Waals surface area (Å²) < 4.78 is 1.07. The molecule has 0 fully saturated rings. The lowest BCUT2D eigenvalue weighted by Crippen LogP contribution is -2.27. The topological polar surface area (TPSA) is 49.0 Å². The second-order valence-corrected chi connectivity index (χ2v) is 8.98. The molecule has 0 bridgehead atoms. The molecule has 5 heteroatoms. The van der Waals surface area contributed by atoms with Crippen molar-refractivity contribution in [2.24, 2.45) is 0 Å². The summed E-state index contributed by atoms with van der Waals surface area (Å²) in [5, 5.41) is 1.78. The highest BCUT2D eigenvalue weighted by atomic mass is 32.1. The van der Waals surface area contributed by atoms with Crippen molar-refractivity contribution in [2.45, 2.75) is 26.2 Å². The average Bonchev–Trinajstić information content (AvgIpc) is 3.38. The number of nitrogens with zero attached hydrogens (tertiary/aromatic N) is 2. The molecule has 5 aromatic rings. The number of aromatic amines is 1. The number of carbonyl (C=O) groups excluding carboxylic acids is 1. The Balaban J connectivity index is 1.56. The van der Waals surface area contributed by atoms with E-state index in [9.17, 15) is 4.79 Å². The normalized spacial score (nSPS) is 11.5. The number of anilines is 2. The van der Waals surface area contributed by atoms with Gasteiger partial charge in [-0.1, -0.05) is 67.6 Å². The zero-order chi connectivity index (χ0) is 21.4. The van der Waals surface area contributed by atoms with Crippen molar-refractivity contribution in [1.82, 2.24) is 9.97 Å². The maximum Gasteiger partial charge on any atom is 0.237 e. The van der Waals surface area contributed by atoms with Crippen LogP contribution in [0.3, 0.4) is 0 Å². The number of aromatic nitrogens is 2. The highest BCUT2D eigenvalue weighted by Crippen LogP contribution is 2.35. The predicted octanol–water partition coefficient (Wildman–Crippen LogP) is 6.81. The second-order valence-electron chi connectivity index (χ2n) is 7.98. The van der Waals surface area contributed by atoms with Crippen molar-refractivity contribution >= 4 is 49.2 Å². The number of thiazole rings is 1. The number of fused-ring (bicyclic) bond motifs is 2. The first kappa shape index (κ1) is 19.5. The Bertz CT molecular complexity index is 1330. The van der Waals surface area contributed by atoms with Crippen molar-refractivity contribution in [1.29, 1.82) is 0 Å². The fourth-order valence-electron chi connectivity index (χ4n) is 3.84. The molecule has 1 amide bonds. The average molecular weight is 426 g/mol. The van der Waals surface area contributed by atoms with Crippen molar-refractivity contribution in [2.75, 3.05) is 4.90 Å². The van der Waals surface area contributed by atoms with E-state index >= 15 is 0 Å². The van der Waals surface area contributed by atoms with Crippen molar-refractivity contribution in [3.63, 3.8) is 0 Å². The van der Waals surface area contributed by atoms with Crippen LogP contribution in [0.4, 0.5) is 10.8 Å². The zero-order valence-electron chi connectivity index (χ0n) is 17.5. The lowest BCUT2D eigenvalue weighted by molar-refractivity contribution is -0.117. The summed E-state index contributed by atoms with van der Waals surface area (Å²) >= 11 is 1.54. The Hall–Kier alpha value is -3.44. The number of benzene rings is 3.